The maximum Gasteiger partial charge on any atom is 0.307 e. The van der Waals surface area contributed by atoms with Crippen molar-refractivity contribution < 1.29 is 22.7 Å². The molecule has 2 rings (SSSR count). The van der Waals surface area contributed by atoms with E-state index in [1.165, 1.54) is 6.20 Å². The lowest BCUT2D eigenvalue weighted by Gasteiger charge is -2.31. The Labute approximate surface area is 143 Å². The number of carbonyl (C=O) groups is 2. The smallest absolute Gasteiger partial charge is 0.307 e. The predicted octanol–water partition coefficient (Wildman–Crippen LogP) is 2.00. The number of amides is 1. The Balaban J connectivity index is 2.32. The topological polar surface area (TPSA) is 80.8 Å². The van der Waals surface area contributed by atoms with Gasteiger partial charge in [-0.3, -0.25) is 9.59 Å². The van der Waals surface area contributed by atoms with Crippen molar-refractivity contribution in [1.82, 2.24) is 4.31 Å². The highest BCUT2D eigenvalue weighted by Crippen LogP contribution is 2.34. The summed E-state index contributed by atoms with van der Waals surface area (Å²) in [4.78, 5) is 24.7. The number of ether oxygens (including phenoxy) is 1. The van der Waals surface area contributed by atoms with Gasteiger partial charge in [-0.15, -0.1) is 0 Å². The van der Waals surface area contributed by atoms with Gasteiger partial charge in [-0.2, -0.15) is 0 Å². The molecule has 0 unspecified atom stereocenters. The molecule has 1 aliphatic heterocycles. The predicted molar refractivity (Wildman–Crippen MR) is 89.4 cm³/mol. The molecule has 0 saturated heterocycles. The van der Waals surface area contributed by atoms with Crippen LogP contribution >= 0.6 is 0 Å². The lowest BCUT2D eigenvalue weighted by molar-refractivity contribution is -0.158. The summed E-state index contributed by atoms with van der Waals surface area (Å²) in [5, 5.41) is 0. The van der Waals surface area contributed by atoms with E-state index in [0.717, 1.165) is 5.56 Å². The van der Waals surface area contributed by atoms with Crippen molar-refractivity contribution in [3.63, 3.8) is 0 Å². The van der Waals surface area contributed by atoms with E-state index in [1.807, 2.05) is 30.3 Å². The SMILES string of the molecule is CC(C)(C)OC(=O)C[C@@H]1C(=O)N([SH](=O)=O)C=C[C@@H]1c1ccccc1. The van der Waals surface area contributed by atoms with Gasteiger partial charge in [-0.1, -0.05) is 36.4 Å². The fraction of sp³-hybridized carbons (Fsp3) is 0.412. The van der Waals surface area contributed by atoms with Crippen LogP contribution in [-0.4, -0.2) is 30.2 Å². The van der Waals surface area contributed by atoms with Crippen LogP contribution in [0.1, 0.15) is 38.7 Å². The lowest BCUT2D eigenvalue weighted by Crippen LogP contribution is -2.39. The van der Waals surface area contributed by atoms with Gasteiger partial charge in [-0.05, 0) is 26.3 Å². The van der Waals surface area contributed by atoms with Gasteiger partial charge in [0.2, 0.25) is 16.8 Å². The van der Waals surface area contributed by atoms with E-state index in [9.17, 15) is 18.0 Å². The summed E-state index contributed by atoms with van der Waals surface area (Å²) in [6, 6.07) is 9.20. The van der Waals surface area contributed by atoms with Gasteiger partial charge in [0, 0.05) is 12.1 Å². The molecule has 1 aromatic carbocycles. The molecule has 24 heavy (non-hydrogen) atoms. The van der Waals surface area contributed by atoms with Crippen molar-refractivity contribution in [2.24, 2.45) is 5.92 Å². The molecule has 1 aliphatic rings. The molecule has 7 heteroatoms. The van der Waals surface area contributed by atoms with Crippen molar-refractivity contribution in [2.75, 3.05) is 0 Å². The Morgan fingerprint density at radius 3 is 2.38 bits per heavy atom. The van der Waals surface area contributed by atoms with Crippen molar-refractivity contribution >= 4 is 22.8 Å². The van der Waals surface area contributed by atoms with Gasteiger partial charge in [0.15, 0.2) is 0 Å². The van der Waals surface area contributed by atoms with Crippen molar-refractivity contribution in [2.45, 2.75) is 38.7 Å². The van der Waals surface area contributed by atoms with E-state index in [1.54, 1.807) is 26.8 Å². The summed E-state index contributed by atoms with van der Waals surface area (Å²) < 4.78 is 28.4. The quantitative estimate of drug-likeness (QED) is 0.663. The van der Waals surface area contributed by atoms with E-state index in [0.29, 0.717) is 4.31 Å². The van der Waals surface area contributed by atoms with Gasteiger partial charge in [0.25, 0.3) is 0 Å². The number of hydrogen-bond donors (Lipinski definition) is 1. The molecule has 0 radical (unpaired) electrons. The summed E-state index contributed by atoms with van der Waals surface area (Å²) in [6.45, 7) is 5.22. The summed E-state index contributed by atoms with van der Waals surface area (Å²) in [5.41, 5.74) is 0.174. The molecule has 0 N–H and O–H groups in total. The van der Waals surface area contributed by atoms with E-state index in [2.05, 4.69) is 0 Å². The standard InChI is InChI=1S/C17H21NO5S/c1-17(2,3)23-15(19)11-14-13(12-7-5-4-6-8-12)9-10-18(16(14)20)24(21)22/h4-10,13-14,24H,11H2,1-3H3/t13-,14+/m1/s1. The van der Waals surface area contributed by atoms with E-state index in [4.69, 9.17) is 4.74 Å². The number of hydrogen-bond acceptors (Lipinski definition) is 5. The average molecular weight is 351 g/mol. The summed E-state index contributed by atoms with van der Waals surface area (Å²) in [7, 11) is -3.08. The first-order valence-corrected chi connectivity index (χ1v) is 8.74. The van der Waals surface area contributed by atoms with Crippen molar-refractivity contribution in [3.05, 3.63) is 48.2 Å². The third-order valence-electron chi connectivity index (χ3n) is 3.58. The molecule has 2 atom stereocenters. The third-order valence-corrected chi connectivity index (χ3v) is 4.26. The molecule has 0 saturated carbocycles. The molecule has 0 bridgehead atoms. The first-order valence-electron chi connectivity index (χ1n) is 7.61. The minimum Gasteiger partial charge on any atom is -0.460 e. The van der Waals surface area contributed by atoms with Crippen LogP contribution in [0, 0.1) is 5.92 Å². The molecule has 1 amide bonds. The molecule has 1 heterocycles. The summed E-state index contributed by atoms with van der Waals surface area (Å²) >= 11 is 0. The third kappa shape index (κ3) is 4.44. The Morgan fingerprint density at radius 2 is 1.83 bits per heavy atom. The van der Waals surface area contributed by atoms with E-state index < -0.39 is 34.3 Å². The Kier molecular flexibility index (Phi) is 5.43. The number of allylic oxidation sites excluding steroid dienone is 1. The molecule has 1 aromatic rings. The fourth-order valence-corrected chi connectivity index (χ4v) is 3.13. The minimum absolute atomic E-state index is 0.181. The van der Waals surface area contributed by atoms with Crippen molar-refractivity contribution in [3.8, 4) is 0 Å². The fourth-order valence-electron chi connectivity index (χ4n) is 2.64. The van der Waals surface area contributed by atoms with Gasteiger partial charge in [-0.25, -0.2) is 12.7 Å². The zero-order valence-electron chi connectivity index (χ0n) is 13.8. The monoisotopic (exact) mass is 351 g/mol. The lowest BCUT2D eigenvalue weighted by atomic mass is 9.81. The van der Waals surface area contributed by atoms with Gasteiger partial charge < -0.3 is 4.74 Å². The second-order valence-electron chi connectivity index (χ2n) is 6.60. The molecular formula is C17H21NO5S. The number of esters is 1. The molecule has 0 fully saturated rings. The number of thiol groups is 1. The number of carbonyl (C=O) groups excluding carboxylic acids is 2. The van der Waals surface area contributed by atoms with Crippen LogP contribution < -0.4 is 0 Å². The van der Waals surface area contributed by atoms with E-state index >= 15 is 0 Å². The highest BCUT2D eigenvalue weighted by Gasteiger charge is 2.37. The van der Waals surface area contributed by atoms with Crippen molar-refractivity contribution in [1.29, 1.82) is 0 Å². The van der Waals surface area contributed by atoms with Crippen LogP contribution in [0.2, 0.25) is 0 Å². The molecule has 6 nitrogen and oxygen atoms in total. The number of benzene rings is 1. The van der Waals surface area contributed by atoms with Crippen LogP contribution in [-0.2, 0) is 25.2 Å². The highest BCUT2D eigenvalue weighted by molar-refractivity contribution is 7.70. The molecule has 0 aliphatic carbocycles. The largest absolute Gasteiger partial charge is 0.460 e. The average Bonchev–Trinajstić information content (AvgIpc) is 2.48. The maximum atomic E-state index is 12.5. The second-order valence-corrected chi connectivity index (χ2v) is 7.50. The van der Waals surface area contributed by atoms with Crippen LogP contribution in [0.3, 0.4) is 0 Å². The normalized spacial score (nSPS) is 21.2. The first kappa shape index (κ1) is 18.2. The summed E-state index contributed by atoms with van der Waals surface area (Å²) in [6.07, 6.45) is 2.70. The van der Waals surface area contributed by atoms with Gasteiger partial charge in [0.05, 0.1) is 12.3 Å². The number of nitrogens with zero attached hydrogens (tertiary/aromatic N) is 1. The van der Waals surface area contributed by atoms with E-state index in [-0.39, 0.29) is 12.3 Å². The van der Waals surface area contributed by atoms with Gasteiger partial charge in [0.1, 0.15) is 5.60 Å². The molecule has 0 spiro atoms. The van der Waals surface area contributed by atoms with Crippen LogP contribution in [0.15, 0.2) is 42.6 Å². The molecular weight excluding hydrogens is 330 g/mol. The van der Waals surface area contributed by atoms with Crippen LogP contribution in [0.25, 0.3) is 0 Å². The second kappa shape index (κ2) is 7.17. The zero-order chi connectivity index (χ0) is 17.9. The zero-order valence-corrected chi connectivity index (χ0v) is 14.7. The summed E-state index contributed by atoms with van der Waals surface area (Å²) in [5.74, 6) is -2.34. The minimum atomic E-state index is -3.08. The molecule has 0 aromatic heterocycles. The highest BCUT2D eigenvalue weighted by atomic mass is 32.2. The Morgan fingerprint density at radius 1 is 1.21 bits per heavy atom. The number of rotatable bonds is 4. The first-order chi connectivity index (χ1) is 11.2. The molecule has 130 valence electrons. The van der Waals surface area contributed by atoms with Crippen LogP contribution in [0.4, 0.5) is 0 Å². The van der Waals surface area contributed by atoms with Crippen LogP contribution in [0.5, 0.6) is 0 Å². The maximum absolute atomic E-state index is 12.5. The Bertz CT molecular complexity index is 710. The Hall–Kier alpha value is -2.15. The van der Waals surface area contributed by atoms with Gasteiger partial charge >= 0.3 is 5.97 Å².